The Morgan fingerprint density at radius 1 is 1.04 bits per heavy atom. The van der Waals surface area contributed by atoms with Gasteiger partial charge in [0.2, 0.25) is 0 Å². The summed E-state index contributed by atoms with van der Waals surface area (Å²) in [6.45, 7) is 4.00. The first kappa shape index (κ1) is 32.5. The van der Waals surface area contributed by atoms with E-state index in [0.29, 0.717) is 16.6 Å². The Bertz CT molecular complexity index is 2260. The number of ether oxygens (including phenoxy) is 1. The van der Waals surface area contributed by atoms with Crippen LogP contribution in [0.25, 0.3) is 32.6 Å². The van der Waals surface area contributed by atoms with Gasteiger partial charge < -0.3 is 37.0 Å². The van der Waals surface area contributed by atoms with E-state index in [2.05, 4.69) is 31.9 Å². The maximum absolute atomic E-state index is 13.9. The molecule has 1 atom stereocenters. The van der Waals surface area contributed by atoms with Gasteiger partial charge in [0, 0.05) is 93.6 Å². The molecule has 236 valence electrons. The van der Waals surface area contributed by atoms with Crippen LogP contribution in [0.15, 0.2) is 66.9 Å². The van der Waals surface area contributed by atoms with Crippen LogP contribution >= 0.6 is 0 Å². The van der Waals surface area contributed by atoms with E-state index in [1.54, 1.807) is 36.5 Å². The minimum absolute atomic E-state index is 0. The van der Waals surface area contributed by atoms with Crippen molar-refractivity contribution in [1.29, 1.82) is 0 Å². The van der Waals surface area contributed by atoms with Crippen LogP contribution in [0.5, 0.6) is 5.75 Å². The molecule has 4 N–H and O–H groups in total. The number of H-pyrrole nitrogens is 2. The number of phenols is 1. The quantitative estimate of drug-likeness (QED) is 0.119. The third-order valence-electron chi connectivity index (χ3n) is 8.07. The number of carbonyl (C=O) groups is 3. The van der Waals surface area contributed by atoms with E-state index in [9.17, 15) is 32.7 Å². The normalized spacial score (nSPS) is 14.3. The van der Waals surface area contributed by atoms with Crippen molar-refractivity contribution in [2.45, 2.75) is 12.1 Å². The fourth-order valence-electron chi connectivity index (χ4n) is 6.00. The summed E-state index contributed by atoms with van der Waals surface area (Å²) >= 11 is 0. The van der Waals surface area contributed by atoms with Crippen LogP contribution in [-0.2, 0) is 10.9 Å². The molecule has 47 heavy (non-hydrogen) atoms. The van der Waals surface area contributed by atoms with Gasteiger partial charge in [-0.1, -0.05) is 24.3 Å². The number of phenolic OH excluding ortho intramolecular Hbond substituents is 1. The summed E-state index contributed by atoms with van der Waals surface area (Å²) in [5, 5.41) is 15.7. The molecule has 0 saturated carbocycles. The predicted molar refractivity (Wildman–Crippen MR) is 164 cm³/mol. The average Bonchev–Trinajstić information content (AvgIpc) is 3.73. The molecule has 6 aromatic rings. The second kappa shape index (κ2) is 12.0. The van der Waals surface area contributed by atoms with Crippen LogP contribution in [0.4, 0.5) is 24.5 Å². The minimum Gasteiger partial charge on any atom is -0.506 e. The molecule has 7 rings (SSSR count). The number of hydrogen-bond acceptors (Lipinski definition) is 6. The Labute approximate surface area is 297 Å². The number of halogens is 3. The number of anilines is 2. The second-order valence-electron chi connectivity index (χ2n) is 10.9. The van der Waals surface area contributed by atoms with Crippen molar-refractivity contribution in [3.8, 4) is 5.75 Å². The molecule has 14 heteroatoms. The summed E-state index contributed by atoms with van der Waals surface area (Å²) in [7, 11) is 0.953. The minimum atomic E-state index is -4.96. The Morgan fingerprint density at radius 2 is 1.79 bits per heavy atom. The van der Waals surface area contributed by atoms with E-state index in [-0.39, 0.29) is 81.8 Å². The molecule has 1 aliphatic heterocycles. The van der Waals surface area contributed by atoms with Crippen molar-refractivity contribution < 1.29 is 79.1 Å². The number of alkyl halides is 3. The Hall–Kier alpha value is -4.47. The van der Waals surface area contributed by atoms with Crippen molar-refractivity contribution >= 4 is 61.7 Å². The number of amides is 2. The van der Waals surface area contributed by atoms with Gasteiger partial charge in [-0.05, 0) is 41.3 Å². The van der Waals surface area contributed by atoms with E-state index < -0.39 is 46.9 Å². The van der Waals surface area contributed by atoms with Crippen LogP contribution in [0.3, 0.4) is 0 Å². The van der Waals surface area contributed by atoms with Crippen LogP contribution in [-0.4, -0.2) is 51.5 Å². The molecule has 1 aliphatic rings. The molecule has 0 fully saturated rings. The molecule has 4 heterocycles. The topological polar surface area (TPSA) is 140 Å². The first-order chi connectivity index (χ1) is 21.9. The fourth-order valence-corrected chi connectivity index (χ4v) is 6.00. The summed E-state index contributed by atoms with van der Waals surface area (Å²) in [6, 6.07) is 17.0. The zero-order valence-electron chi connectivity index (χ0n) is 24.5. The predicted octanol–water partition coefficient (Wildman–Crippen LogP) is 6.54. The Morgan fingerprint density at radius 3 is 2.51 bits per heavy atom. The number of carbonyl (C=O) groups excluding carboxylic acids is 3. The molecular formula is C33H23CeF3N5O5-. The van der Waals surface area contributed by atoms with Gasteiger partial charge in [-0.25, -0.2) is 4.79 Å². The molecule has 0 aliphatic carbocycles. The van der Waals surface area contributed by atoms with Gasteiger partial charge in [0.05, 0.1) is 18.2 Å². The molecule has 0 spiro atoms. The summed E-state index contributed by atoms with van der Waals surface area (Å²) in [6.07, 6.45) is -3.34. The van der Waals surface area contributed by atoms with Gasteiger partial charge in [-0.2, -0.15) is 13.2 Å². The van der Waals surface area contributed by atoms with Crippen molar-refractivity contribution in [1.82, 2.24) is 15.0 Å². The van der Waals surface area contributed by atoms with Crippen LogP contribution in [0.2, 0.25) is 0 Å². The number of nitrogens with zero attached hydrogens (tertiary/aromatic N) is 2. The summed E-state index contributed by atoms with van der Waals surface area (Å²) in [4.78, 5) is 50.0. The number of nitrogens with one attached hydrogen (secondary N) is 3. The summed E-state index contributed by atoms with van der Waals surface area (Å²) in [5.41, 5.74) is -0.742. The van der Waals surface area contributed by atoms with E-state index in [1.807, 2.05) is 24.3 Å². The summed E-state index contributed by atoms with van der Waals surface area (Å²) in [5.74, 6) is -3.53. The van der Waals surface area contributed by atoms with Crippen molar-refractivity contribution in [3.05, 3.63) is 102 Å². The van der Waals surface area contributed by atoms with Crippen LogP contribution < -0.4 is 10.2 Å². The van der Waals surface area contributed by atoms with Crippen LogP contribution in [0, 0.1) is 48.7 Å². The van der Waals surface area contributed by atoms with E-state index >= 15 is 0 Å². The fraction of sp³-hybridized carbons (Fsp3) is 0.121. The maximum atomic E-state index is 13.9. The first-order valence-electron chi connectivity index (χ1n) is 14.0. The van der Waals surface area contributed by atoms with Crippen molar-refractivity contribution in [2.24, 2.45) is 0 Å². The molecule has 0 saturated heterocycles. The third kappa shape index (κ3) is 5.51. The zero-order chi connectivity index (χ0) is 32.5. The average molecular weight is 767 g/mol. The molecular weight excluding hydrogens is 744 g/mol. The van der Waals surface area contributed by atoms with E-state index in [1.165, 1.54) is 11.0 Å². The smallest absolute Gasteiger partial charge is 0.432 e. The van der Waals surface area contributed by atoms with Gasteiger partial charge in [-0.15, -0.1) is 5.92 Å². The zero-order valence-corrected chi connectivity index (χ0v) is 27.6. The SMILES string of the molecule is [CH2-][C@@H]1CN(C(=O)c2cc3cc(NC(=O)c4cc5ccccc5cn4)ccc3[nH]2)c2cc(O)c3[nH]c(C(F)(F)F)c(C(=O)OC)c3c21.[Ce]. The number of esters is 1. The van der Waals surface area contributed by atoms with Crippen molar-refractivity contribution in [2.75, 3.05) is 23.9 Å². The second-order valence-corrected chi connectivity index (χ2v) is 10.9. The largest absolute Gasteiger partial charge is 0.506 e. The number of rotatable bonds is 4. The monoisotopic (exact) mass is 766 g/mol. The van der Waals surface area contributed by atoms with Gasteiger partial charge in [0.1, 0.15) is 22.8 Å². The van der Waals surface area contributed by atoms with Gasteiger partial charge in [-0.3, -0.25) is 14.6 Å². The molecule has 0 radical (unpaired) electrons. The summed E-state index contributed by atoms with van der Waals surface area (Å²) < 4.78 is 46.4. The molecule has 0 bridgehead atoms. The number of fused-ring (bicyclic) bond motifs is 5. The maximum Gasteiger partial charge on any atom is 0.432 e. The van der Waals surface area contributed by atoms with Crippen molar-refractivity contribution in [3.63, 3.8) is 0 Å². The number of aromatic hydroxyl groups is 1. The number of benzene rings is 3. The van der Waals surface area contributed by atoms with Gasteiger partial charge in [0.15, 0.2) is 0 Å². The van der Waals surface area contributed by atoms with E-state index in [4.69, 9.17) is 0 Å². The number of methoxy groups -OCH3 is 1. The Kier molecular flexibility index (Phi) is 8.26. The molecule has 3 aromatic heterocycles. The van der Waals surface area contributed by atoms with Crippen LogP contribution in [0.1, 0.15) is 48.5 Å². The molecule has 3 aromatic carbocycles. The first-order valence-corrected chi connectivity index (χ1v) is 14.0. The Balaban J connectivity index is 0.00000386. The number of aromatic nitrogens is 3. The van der Waals surface area contributed by atoms with E-state index in [0.717, 1.165) is 17.9 Å². The third-order valence-corrected chi connectivity index (χ3v) is 8.07. The van der Waals surface area contributed by atoms with Gasteiger partial charge in [0.25, 0.3) is 11.8 Å². The molecule has 0 unspecified atom stereocenters. The van der Waals surface area contributed by atoms with Gasteiger partial charge >= 0.3 is 12.1 Å². The number of hydrogen-bond donors (Lipinski definition) is 4. The standard InChI is InChI=1S/C33H23F3N5O5.Ce/c1-15-14-41(23-12-24(42)28-26(25(15)23)27(32(45)46-2)29(40-28)33(34,35)36)31(44)22-11-18-9-19(7-8-20(18)39-22)38-30(43)21-10-16-5-3-4-6-17(16)13-37-21;/h3-13,15,39-40,42H,1,14H2,2H3,(H,38,43);/q-1;/t15-;/m1./s1. The number of aromatic amines is 2. The molecule has 10 nitrogen and oxygen atoms in total. The molecule has 2 amide bonds. The number of pyridine rings is 1.